The van der Waals surface area contributed by atoms with E-state index in [9.17, 15) is 13.2 Å². The Hall–Kier alpha value is -0.880. The van der Waals surface area contributed by atoms with Crippen molar-refractivity contribution in [1.82, 2.24) is 4.90 Å². The van der Waals surface area contributed by atoms with E-state index >= 15 is 0 Å². The van der Waals surface area contributed by atoms with Gasteiger partial charge in [-0.25, -0.2) is 8.42 Å². The molecule has 6 heteroatoms. The molecule has 1 amide bonds. The van der Waals surface area contributed by atoms with Crippen LogP contribution in [0.15, 0.2) is 28.7 Å². The minimum absolute atomic E-state index is 0.00928. The quantitative estimate of drug-likeness (QED) is 0.828. The van der Waals surface area contributed by atoms with Crippen LogP contribution < -0.4 is 0 Å². The lowest BCUT2D eigenvalue weighted by molar-refractivity contribution is -0.131. The maximum absolute atomic E-state index is 12.1. The standard InChI is InChI=1S/C14H18BrNO3S/c1-16(9-11-2-4-13(15)5-3-11)14(17)8-12-6-7-20(18,19)10-12/h2-5,12H,6-10H2,1H3. The molecule has 20 heavy (non-hydrogen) atoms. The summed E-state index contributed by atoms with van der Waals surface area (Å²) in [5.41, 5.74) is 1.06. The molecule has 1 atom stereocenters. The lowest BCUT2D eigenvalue weighted by atomic mass is 10.0. The van der Waals surface area contributed by atoms with E-state index in [-0.39, 0.29) is 23.3 Å². The fraction of sp³-hybridized carbons (Fsp3) is 0.500. The summed E-state index contributed by atoms with van der Waals surface area (Å²) in [5, 5.41) is 0. The molecule has 1 aliphatic rings. The third-order valence-electron chi connectivity index (χ3n) is 3.55. The predicted molar refractivity (Wildman–Crippen MR) is 82.0 cm³/mol. The SMILES string of the molecule is CN(Cc1ccc(Br)cc1)C(=O)CC1CCS(=O)(=O)C1. The zero-order valence-electron chi connectivity index (χ0n) is 11.4. The predicted octanol–water partition coefficient (Wildman–Crippen LogP) is 2.23. The highest BCUT2D eigenvalue weighted by molar-refractivity contribution is 9.10. The Bertz CT molecular complexity index is 583. The number of hydrogen-bond donors (Lipinski definition) is 0. The van der Waals surface area contributed by atoms with Gasteiger partial charge in [0.2, 0.25) is 5.91 Å². The summed E-state index contributed by atoms with van der Waals surface area (Å²) in [4.78, 5) is 13.8. The van der Waals surface area contributed by atoms with Gasteiger partial charge in [0, 0.05) is 24.5 Å². The average Bonchev–Trinajstić information content (AvgIpc) is 2.71. The number of amides is 1. The van der Waals surface area contributed by atoms with Crippen LogP contribution in [0.1, 0.15) is 18.4 Å². The third kappa shape index (κ3) is 4.31. The molecule has 1 saturated heterocycles. The van der Waals surface area contributed by atoms with Crippen molar-refractivity contribution in [2.45, 2.75) is 19.4 Å². The largest absolute Gasteiger partial charge is 0.341 e. The molecule has 0 spiro atoms. The summed E-state index contributed by atoms with van der Waals surface area (Å²) in [6.07, 6.45) is 0.937. The average molecular weight is 360 g/mol. The van der Waals surface area contributed by atoms with Gasteiger partial charge in [0.15, 0.2) is 9.84 Å². The van der Waals surface area contributed by atoms with Crippen molar-refractivity contribution < 1.29 is 13.2 Å². The maximum Gasteiger partial charge on any atom is 0.222 e. The van der Waals surface area contributed by atoms with Crippen LogP contribution in [-0.4, -0.2) is 37.8 Å². The first kappa shape index (κ1) is 15.5. The molecule has 110 valence electrons. The molecule has 4 nitrogen and oxygen atoms in total. The Morgan fingerprint density at radius 2 is 2.00 bits per heavy atom. The Morgan fingerprint density at radius 1 is 1.35 bits per heavy atom. The number of halogens is 1. The second kappa shape index (κ2) is 6.26. The molecular formula is C14H18BrNO3S. The van der Waals surface area contributed by atoms with E-state index in [4.69, 9.17) is 0 Å². The van der Waals surface area contributed by atoms with E-state index in [0.29, 0.717) is 19.4 Å². The minimum atomic E-state index is -2.91. The molecule has 0 saturated carbocycles. The smallest absolute Gasteiger partial charge is 0.222 e. The van der Waals surface area contributed by atoms with Crippen molar-refractivity contribution in [1.29, 1.82) is 0 Å². The van der Waals surface area contributed by atoms with Crippen molar-refractivity contribution in [3.05, 3.63) is 34.3 Å². The lowest BCUT2D eigenvalue weighted by Gasteiger charge is -2.19. The second-order valence-corrected chi connectivity index (χ2v) is 8.49. The second-order valence-electron chi connectivity index (χ2n) is 5.35. The Balaban J connectivity index is 1.88. The minimum Gasteiger partial charge on any atom is -0.341 e. The Kier molecular flexibility index (Phi) is 4.86. The summed E-state index contributed by atoms with van der Waals surface area (Å²) >= 11 is 3.37. The normalized spacial score (nSPS) is 20.8. The highest BCUT2D eigenvalue weighted by Gasteiger charge is 2.30. The highest BCUT2D eigenvalue weighted by atomic mass is 79.9. The van der Waals surface area contributed by atoms with Gasteiger partial charge in [-0.3, -0.25) is 4.79 Å². The monoisotopic (exact) mass is 359 g/mol. The molecule has 0 aromatic heterocycles. The summed E-state index contributed by atoms with van der Waals surface area (Å²) in [5.74, 6) is 0.376. The number of hydrogen-bond acceptors (Lipinski definition) is 3. The molecule has 0 bridgehead atoms. The van der Waals surface area contributed by atoms with Crippen LogP contribution in [0, 0.1) is 5.92 Å². The van der Waals surface area contributed by atoms with Crippen molar-refractivity contribution in [2.24, 2.45) is 5.92 Å². The zero-order chi connectivity index (χ0) is 14.8. The van der Waals surface area contributed by atoms with Crippen LogP contribution in [-0.2, 0) is 21.2 Å². The van der Waals surface area contributed by atoms with E-state index in [1.165, 1.54) is 0 Å². The molecule has 1 aliphatic heterocycles. The summed E-state index contributed by atoms with van der Waals surface area (Å²) < 4.78 is 23.8. The number of rotatable bonds is 4. The van der Waals surface area contributed by atoms with Gasteiger partial charge in [-0.1, -0.05) is 28.1 Å². The highest BCUT2D eigenvalue weighted by Crippen LogP contribution is 2.22. The number of carbonyl (C=O) groups is 1. The molecule has 1 unspecified atom stereocenters. The van der Waals surface area contributed by atoms with Gasteiger partial charge in [-0.15, -0.1) is 0 Å². The van der Waals surface area contributed by atoms with Gasteiger partial charge in [0.05, 0.1) is 11.5 Å². The zero-order valence-corrected chi connectivity index (χ0v) is 13.8. The third-order valence-corrected chi connectivity index (χ3v) is 5.91. The molecule has 0 aliphatic carbocycles. The van der Waals surface area contributed by atoms with Crippen molar-refractivity contribution in [3.8, 4) is 0 Å². The summed E-state index contributed by atoms with van der Waals surface area (Å²) in [7, 11) is -1.15. The van der Waals surface area contributed by atoms with Crippen LogP contribution in [0.4, 0.5) is 0 Å². The molecule has 1 heterocycles. The molecular weight excluding hydrogens is 342 g/mol. The first-order chi connectivity index (χ1) is 9.35. The van der Waals surface area contributed by atoms with E-state index < -0.39 is 9.84 Å². The fourth-order valence-electron chi connectivity index (χ4n) is 2.39. The van der Waals surface area contributed by atoms with Gasteiger partial charge in [0.25, 0.3) is 0 Å². The number of nitrogens with zero attached hydrogens (tertiary/aromatic N) is 1. The van der Waals surface area contributed by atoms with Crippen LogP contribution in [0.5, 0.6) is 0 Å². The van der Waals surface area contributed by atoms with Crippen LogP contribution >= 0.6 is 15.9 Å². The Labute approximate surface area is 128 Å². The number of carbonyl (C=O) groups excluding carboxylic acids is 1. The van der Waals surface area contributed by atoms with Crippen molar-refractivity contribution in [3.63, 3.8) is 0 Å². The van der Waals surface area contributed by atoms with E-state index in [2.05, 4.69) is 15.9 Å². The van der Waals surface area contributed by atoms with E-state index in [0.717, 1.165) is 10.0 Å². The lowest BCUT2D eigenvalue weighted by Crippen LogP contribution is -2.28. The number of sulfone groups is 1. The van der Waals surface area contributed by atoms with Gasteiger partial charge >= 0.3 is 0 Å². The van der Waals surface area contributed by atoms with Gasteiger partial charge in [0.1, 0.15) is 0 Å². The van der Waals surface area contributed by atoms with Gasteiger partial charge < -0.3 is 4.90 Å². The molecule has 2 rings (SSSR count). The van der Waals surface area contributed by atoms with Gasteiger partial charge in [-0.05, 0) is 30.0 Å². The first-order valence-electron chi connectivity index (χ1n) is 6.54. The summed E-state index contributed by atoms with van der Waals surface area (Å²) in [6.45, 7) is 0.547. The maximum atomic E-state index is 12.1. The number of benzene rings is 1. The molecule has 1 aromatic carbocycles. The first-order valence-corrected chi connectivity index (χ1v) is 9.16. The molecule has 0 N–H and O–H groups in total. The van der Waals surface area contributed by atoms with E-state index in [1.54, 1.807) is 11.9 Å². The Morgan fingerprint density at radius 3 is 2.55 bits per heavy atom. The fourth-order valence-corrected chi connectivity index (χ4v) is 4.51. The van der Waals surface area contributed by atoms with Crippen LogP contribution in [0.25, 0.3) is 0 Å². The van der Waals surface area contributed by atoms with Crippen molar-refractivity contribution >= 4 is 31.7 Å². The molecule has 1 aromatic rings. The molecule has 1 fully saturated rings. The van der Waals surface area contributed by atoms with Crippen LogP contribution in [0.3, 0.4) is 0 Å². The van der Waals surface area contributed by atoms with Crippen LogP contribution in [0.2, 0.25) is 0 Å². The summed E-state index contributed by atoms with van der Waals surface area (Å²) in [6, 6.07) is 7.82. The van der Waals surface area contributed by atoms with Gasteiger partial charge in [-0.2, -0.15) is 0 Å². The molecule has 0 radical (unpaired) electrons. The van der Waals surface area contributed by atoms with Crippen molar-refractivity contribution in [2.75, 3.05) is 18.6 Å². The van der Waals surface area contributed by atoms with E-state index in [1.807, 2.05) is 24.3 Å². The topological polar surface area (TPSA) is 54.5 Å².